The minimum atomic E-state index is 0.947. The monoisotopic (exact) mass is 1580 g/mol. The van der Waals surface area contributed by atoms with Gasteiger partial charge in [-0.2, -0.15) is 0 Å². The van der Waals surface area contributed by atoms with Crippen molar-refractivity contribution in [1.82, 2.24) is 9.13 Å². The molecular weight excluding hydrogens is 1490 g/mol. The van der Waals surface area contributed by atoms with Gasteiger partial charge in [0.1, 0.15) is 0 Å². The minimum absolute atomic E-state index is 0.947. The minimum Gasteiger partial charge on any atom is -0.341 e. The number of aromatic nitrogens is 2. The predicted molar refractivity (Wildman–Crippen MR) is 531 cm³/mol. The molecule has 0 spiro atoms. The second-order valence-corrected chi connectivity index (χ2v) is 32.6. The lowest BCUT2D eigenvalue weighted by Gasteiger charge is -2.20. The normalized spacial score (nSPS) is 11.5. The lowest BCUT2D eigenvalue weighted by Crippen LogP contribution is -1.93. The number of para-hydroxylation sites is 2. The molecule has 0 atom stereocenters. The van der Waals surface area contributed by atoms with Crippen LogP contribution in [0.4, 0.5) is 0 Å². The standard InChI is InChI=1S/C64H45N.C58H41N/c1-2-65-61-21-13-12-20-55(61)58-40-54(36-39-62(58)65)49-24-22-47(23-25-49)48-28-32-51(33-29-48)64-57-38-35-52(44-16-8-4-9-17-44)41-59(57)63(50-30-26-46(27-31-50)43-14-6-3-7-15-43)56-37-34-53(42-60(56)64)45-18-10-5-11-19-45;1-2-59-55-21-13-12-20-49(55)52-36-48(32-35-56(52)59)43-24-22-41(23-25-43)42-26-28-45(29-27-42)58-51-34-31-46(39-14-6-3-7-15-39)37-53(51)57(44-18-10-5-11-19-44)50-33-30-47(38-54(50)58)40-16-8-4-9-17-40/h3-42H,2H2,1H3;3-38H,2H2,1H3. The highest BCUT2D eigenvalue weighted by atomic mass is 15.0. The third-order valence-electron chi connectivity index (χ3n) is 25.6. The van der Waals surface area contributed by atoms with Crippen LogP contribution in [0.3, 0.4) is 0 Å². The summed E-state index contributed by atoms with van der Waals surface area (Å²) >= 11 is 0. The maximum atomic E-state index is 2.41. The van der Waals surface area contributed by atoms with Gasteiger partial charge in [0.25, 0.3) is 0 Å². The Labute approximate surface area is 723 Å². The third kappa shape index (κ3) is 13.6. The molecule has 124 heavy (non-hydrogen) atoms. The molecule has 0 amide bonds. The van der Waals surface area contributed by atoms with E-state index in [1.54, 1.807) is 0 Å². The molecule has 2 heteroatoms. The first kappa shape index (κ1) is 74.5. The van der Waals surface area contributed by atoms with Gasteiger partial charge in [-0.25, -0.2) is 0 Å². The van der Waals surface area contributed by atoms with Crippen molar-refractivity contribution in [2.24, 2.45) is 0 Å². The molecule has 0 aliphatic heterocycles. The van der Waals surface area contributed by atoms with Crippen LogP contribution >= 0.6 is 0 Å². The van der Waals surface area contributed by atoms with Gasteiger partial charge in [-0.15, -0.1) is 0 Å². The summed E-state index contributed by atoms with van der Waals surface area (Å²) in [5, 5.41) is 15.2. The Morgan fingerprint density at radius 1 is 0.121 bits per heavy atom. The Balaban J connectivity index is 0.000000148. The van der Waals surface area contributed by atoms with E-state index in [4.69, 9.17) is 0 Å². The molecule has 584 valence electrons. The number of rotatable bonds is 15. The predicted octanol–water partition coefficient (Wildman–Crippen LogP) is 33.9. The van der Waals surface area contributed by atoms with Gasteiger partial charge in [-0.05, 0) is 262 Å². The summed E-state index contributed by atoms with van der Waals surface area (Å²) in [5.41, 5.74) is 36.9. The molecule has 0 radical (unpaired) electrons. The summed E-state index contributed by atoms with van der Waals surface area (Å²) in [6.07, 6.45) is 0. The molecule has 23 rings (SSSR count). The van der Waals surface area contributed by atoms with E-state index in [0.29, 0.717) is 0 Å². The summed E-state index contributed by atoms with van der Waals surface area (Å²) in [5.74, 6) is 0. The zero-order valence-corrected chi connectivity index (χ0v) is 69.2. The fourth-order valence-electron chi connectivity index (χ4n) is 19.5. The number of hydrogen-bond donors (Lipinski definition) is 0. The van der Waals surface area contributed by atoms with E-state index in [0.717, 1.165) is 13.1 Å². The van der Waals surface area contributed by atoms with Gasteiger partial charge in [-0.1, -0.05) is 400 Å². The van der Waals surface area contributed by atoms with Crippen molar-refractivity contribution in [2.75, 3.05) is 0 Å². The maximum Gasteiger partial charge on any atom is 0.0491 e. The van der Waals surface area contributed by atoms with Crippen molar-refractivity contribution in [3.63, 3.8) is 0 Å². The molecule has 0 N–H and O–H groups in total. The van der Waals surface area contributed by atoms with Crippen molar-refractivity contribution < 1.29 is 0 Å². The molecule has 0 fully saturated rings. The smallest absolute Gasteiger partial charge is 0.0491 e. The Bertz CT molecular complexity index is 7930. The molecule has 2 nitrogen and oxygen atoms in total. The van der Waals surface area contributed by atoms with Gasteiger partial charge in [0.05, 0.1) is 0 Å². The number of nitrogens with zero attached hydrogens (tertiary/aromatic N) is 2. The molecule has 23 aromatic rings. The largest absolute Gasteiger partial charge is 0.341 e. The van der Waals surface area contributed by atoms with Gasteiger partial charge < -0.3 is 9.13 Å². The molecule has 0 unspecified atom stereocenters. The van der Waals surface area contributed by atoms with E-state index < -0.39 is 0 Å². The van der Waals surface area contributed by atoms with Gasteiger partial charge in [0.15, 0.2) is 0 Å². The van der Waals surface area contributed by atoms with Gasteiger partial charge in [-0.3, -0.25) is 0 Å². The molecule has 0 aliphatic carbocycles. The number of aryl methyl sites for hydroxylation is 2. The molecule has 0 saturated heterocycles. The van der Waals surface area contributed by atoms with Gasteiger partial charge >= 0.3 is 0 Å². The zero-order chi connectivity index (χ0) is 82.6. The lowest BCUT2D eigenvalue weighted by atomic mass is 9.83. The Morgan fingerprint density at radius 3 is 0.532 bits per heavy atom. The maximum absolute atomic E-state index is 2.41. The van der Waals surface area contributed by atoms with Crippen LogP contribution in [-0.2, 0) is 13.1 Å². The van der Waals surface area contributed by atoms with Gasteiger partial charge in [0.2, 0.25) is 0 Å². The van der Waals surface area contributed by atoms with Crippen LogP contribution < -0.4 is 0 Å². The zero-order valence-electron chi connectivity index (χ0n) is 69.2. The fraction of sp³-hybridized carbons (Fsp3) is 0.0328. The van der Waals surface area contributed by atoms with E-state index in [1.165, 1.54) is 231 Å². The molecular formula is C122H86N2. The highest BCUT2D eigenvalue weighted by Gasteiger charge is 2.23. The Morgan fingerprint density at radius 2 is 0.282 bits per heavy atom. The highest BCUT2D eigenvalue weighted by molar-refractivity contribution is 6.25. The van der Waals surface area contributed by atoms with Crippen LogP contribution in [0.1, 0.15) is 13.8 Å². The molecule has 2 heterocycles. The Hall–Kier alpha value is -15.7. The van der Waals surface area contributed by atoms with Crippen LogP contribution in [0.2, 0.25) is 0 Å². The average molecular weight is 1580 g/mol. The van der Waals surface area contributed by atoms with Crippen molar-refractivity contribution >= 4 is 86.7 Å². The molecule has 2 aromatic heterocycles. The summed E-state index contributed by atoms with van der Waals surface area (Å²) in [6, 6.07) is 170. The second-order valence-electron chi connectivity index (χ2n) is 32.6. The quantitative estimate of drug-likeness (QED) is 0.0906. The first-order chi connectivity index (χ1) is 61.4. The van der Waals surface area contributed by atoms with Crippen LogP contribution in [0, 0.1) is 0 Å². The van der Waals surface area contributed by atoms with E-state index in [9.17, 15) is 0 Å². The van der Waals surface area contributed by atoms with E-state index in [2.05, 4.69) is 484 Å². The fourth-order valence-corrected chi connectivity index (χ4v) is 19.5. The van der Waals surface area contributed by atoms with Crippen LogP contribution in [0.5, 0.6) is 0 Å². The topological polar surface area (TPSA) is 9.86 Å². The molecule has 21 aromatic carbocycles. The van der Waals surface area contributed by atoms with E-state index in [1.807, 2.05) is 0 Å². The SMILES string of the molecule is CCn1c2ccccc2c2cc(-c3ccc(-c4ccc(-c5c6ccc(-c7ccccc7)cc6c(-c6ccc(-c7ccccc7)cc6)c6ccc(-c7ccccc7)cc56)cc4)cc3)ccc21.CCn1c2ccccc2c2cc(-c3ccc(-c4ccc(-c5c6ccc(-c7ccccc7)cc6c(-c6ccccc6)c6ccc(-c7ccccc7)cc56)cc4)cc3)ccc21. The Kier molecular flexibility index (Phi) is 19.3. The molecule has 0 saturated carbocycles. The van der Waals surface area contributed by atoms with E-state index >= 15 is 0 Å². The molecule has 0 bridgehead atoms. The number of fused-ring (bicyclic) bond motifs is 10. The van der Waals surface area contributed by atoms with Gasteiger partial charge in [0, 0.05) is 56.7 Å². The summed E-state index contributed by atoms with van der Waals surface area (Å²) in [4.78, 5) is 0. The summed E-state index contributed by atoms with van der Waals surface area (Å²) in [7, 11) is 0. The highest BCUT2D eigenvalue weighted by Crippen LogP contribution is 2.50. The van der Waals surface area contributed by atoms with Crippen molar-refractivity contribution in [3.05, 3.63) is 461 Å². The second kappa shape index (κ2) is 32.1. The van der Waals surface area contributed by atoms with Crippen molar-refractivity contribution in [1.29, 1.82) is 0 Å². The van der Waals surface area contributed by atoms with Crippen molar-refractivity contribution in [3.8, 4) is 145 Å². The third-order valence-corrected chi connectivity index (χ3v) is 25.6. The first-order valence-corrected chi connectivity index (χ1v) is 43.3. The van der Waals surface area contributed by atoms with Crippen LogP contribution in [0.15, 0.2) is 461 Å². The number of hydrogen-bond acceptors (Lipinski definition) is 0. The number of benzene rings is 21. The average Bonchev–Trinajstić information content (AvgIpc) is 1.20. The summed E-state index contributed by atoms with van der Waals surface area (Å²) < 4.78 is 4.82. The van der Waals surface area contributed by atoms with E-state index in [-0.39, 0.29) is 0 Å². The lowest BCUT2D eigenvalue weighted by molar-refractivity contribution is 0.827. The van der Waals surface area contributed by atoms with Crippen LogP contribution in [0.25, 0.3) is 231 Å². The van der Waals surface area contributed by atoms with Crippen molar-refractivity contribution in [2.45, 2.75) is 26.9 Å². The first-order valence-electron chi connectivity index (χ1n) is 43.3. The van der Waals surface area contributed by atoms with Crippen LogP contribution in [-0.4, -0.2) is 9.13 Å². The summed E-state index contributed by atoms with van der Waals surface area (Å²) in [6.45, 7) is 6.34. The molecule has 0 aliphatic rings.